The molecule has 0 aliphatic carbocycles. The molecular weight excluding hydrogens is 848 g/mol. The van der Waals surface area contributed by atoms with Gasteiger partial charge in [-0.25, -0.2) is 9.69 Å². The summed E-state index contributed by atoms with van der Waals surface area (Å²) in [5.41, 5.74) is -1.18. The van der Waals surface area contributed by atoms with Crippen LogP contribution in [0, 0.1) is 0 Å². The van der Waals surface area contributed by atoms with Gasteiger partial charge < -0.3 is 43.3 Å². The number of hydrogen-bond donors (Lipinski definition) is 1. The molecule has 0 atom stereocenters. The average Bonchev–Trinajstić information content (AvgIpc) is 3.49. The molecule has 0 aromatic heterocycles. The number of ether oxygens (including phenoxy) is 6. The summed E-state index contributed by atoms with van der Waals surface area (Å²) >= 11 is 1.77. The molecule has 3 heterocycles. The van der Waals surface area contributed by atoms with Crippen molar-refractivity contribution in [2.24, 2.45) is 0 Å². The zero-order valence-electron chi connectivity index (χ0n) is 32.7. The first-order chi connectivity index (χ1) is 29.4. The second kappa shape index (κ2) is 21.7. The summed E-state index contributed by atoms with van der Waals surface area (Å²) in [7, 11) is 0. The minimum Gasteiger partial charge on any atom is -0.491 e. The second-order valence-electron chi connectivity index (χ2n) is 13.4. The number of nitrogens with zero attached hydrogens (tertiary/aromatic N) is 3. The SMILES string of the molecule is O=C(O)COCCOCCOCCOc1ccc(N2C(=O)C(Sc3ccc(C(=O)N4CCOCC4)cc3)=C(Sc3ccc(C(=O)N4CCOCC4)cc3)C2=O)c(C(F)(F)F)c1. The Morgan fingerprint density at radius 3 is 1.52 bits per heavy atom. The normalized spacial score (nSPS) is 16.1. The van der Waals surface area contributed by atoms with Crippen LogP contribution in [0.2, 0.25) is 0 Å². The van der Waals surface area contributed by atoms with Gasteiger partial charge in [-0.15, -0.1) is 0 Å². The number of benzene rings is 3. The van der Waals surface area contributed by atoms with Crippen LogP contribution in [0.5, 0.6) is 5.75 Å². The van der Waals surface area contributed by atoms with Gasteiger partial charge in [0, 0.05) is 47.1 Å². The van der Waals surface area contributed by atoms with E-state index in [4.69, 9.17) is 33.5 Å². The number of amides is 4. The molecule has 3 aromatic rings. The van der Waals surface area contributed by atoms with Crippen molar-refractivity contribution >= 4 is 58.8 Å². The summed E-state index contributed by atoms with van der Waals surface area (Å²) in [6.45, 7) is 3.38. The molecule has 6 rings (SSSR count). The molecule has 15 nitrogen and oxygen atoms in total. The van der Waals surface area contributed by atoms with Crippen molar-refractivity contribution in [1.29, 1.82) is 0 Å². The number of rotatable bonds is 19. The van der Waals surface area contributed by atoms with Gasteiger partial charge in [0.25, 0.3) is 23.6 Å². The van der Waals surface area contributed by atoms with E-state index in [0.29, 0.717) is 84.5 Å². The Labute approximate surface area is 357 Å². The lowest BCUT2D eigenvalue weighted by molar-refractivity contribution is -0.143. The lowest BCUT2D eigenvalue weighted by atomic mass is 10.1. The van der Waals surface area contributed by atoms with Gasteiger partial charge in [0.2, 0.25) is 0 Å². The van der Waals surface area contributed by atoms with Crippen LogP contribution in [0.3, 0.4) is 0 Å². The summed E-state index contributed by atoms with van der Waals surface area (Å²) < 4.78 is 75.7. The minimum atomic E-state index is -5.01. The predicted molar refractivity (Wildman–Crippen MR) is 215 cm³/mol. The summed E-state index contributed by atoms with van der Waals surface area (Å²) in [5.74, 6) is -3.64. The number of carboxylic acids is 1. The van der Waals surface area contributed by atoms with E-state index in [2.05, 4.69) is 0 Å². The number of thioether (sulfide) groups is 2. The molecule has 20 heteroatoms. The summed E-state index contributed by atoms with van der Waals surface area (Å²) in [4.78, 5) is 69.4. The summed E-state index contributed by atoms with van der Waals surface area (Å²) in [5, 5.41) is 8.55. The van der Waals surface area contributed by atoms with Crippen molar-refractivity contribution in [2.45, 2.75) is 16.0 Å². The maximum atomic E-state index is 14.7. The van der Waals surface area contributed by atoms with Crippen molar-refractivity contribution < 1.29 is 70.7 Å². The number of hydrogen-bond acceptors (Lipinski definition) is 13. The van der Waals surface area contributed by atoms with Crippen LogP contribution in [0.25, 0.3) is 0 Å². The average molecular weight is 890 g/mol. The Morgan fingerprint density at radius 1 is 0.639 bits per heavy atom. The summed E-state index contributed by atoms with van der Waals surface area (Å²) in [6.07, 6.45) is -5.01. The van der Waals surface area contributed by atoms with Crippen LogP contribution in [0.1, 0.15) is 26.3 Å². The smallest absolute Gasteiger partial charge is 0.418 e. The Balaban J connectivity index is 1.18. The largest absolute Gasteiger partial charge is 0.491 e. The molecule has 1 N–H and O–H groups in total. The Kier molecular flexibility index (Phi) is 16.2. The third-order valence-corrected chi connectivity index (χ3v) is 11.5. The number of morpholine rings is 2. The van der Waals surface area contributed by atoms with Crippen LogP contribution >= 0.6 is 23.5 Å². The molecule has 2 fully saturated rings. The minimum absolute atomic E-state index is 0.000865. The van der Waals surface area contributed by atoms with E-state index in [0.717, 1.165) is 29.6 Å². The van der Waals surface area contributed by atoms with Gasteiger partial charge in [0.15, 0.2) is 0 Å². The number of carbonyl (C=O) groups is 5. The van der Waals surface area contributed by atoms with E-state index in [1.807, 2.05) is 0 Å². The first kappa shape index (κ1) is 45.6. The van der Waals surface area contributed by atoms with Crippen molar-refractivity contribution in [1.82, 2.24) is 9.80 Å². The number of carbonyl (C=O) groups excluding carboxylic acids is 4. The molecule has 2 saturated heterocycles. The van der Waals surface area contributed by atoms with Crippen LogP contribution < -0.4 is 9.64 Å². The lowest BCUT2D eigenvalue weighted by Gasteiger charge is -2.26. The molecule has 61 heavy (non-hydrogen) atoms. The first-order valence-corrected chi connectivity index (χ1v) is 20.8. The standard InChI is InChI=1S/C41H42F3N3O12S2/c42-41(43,44)32-25-29(59-24-23-57-20-19-56-21-22-58-26-34(48)49)5-10-33(32)47-39(52)35(60-30-6-1-27(2-7-30)37(50)45-11-15-54-16-12-45)36(40(47)53)61-31-8-3-28(4-9-31)38(51)46-13-17-55-18-14-46/h1-10,25H,11-24,26H2,(H,48,49). The van der Waals surface area contributed by atoms with E-state index in [1.165, 1.54) is 6.07 Å². The van der Waals surface area contributed by atoms with Crippen molar-refractivity contribution in [3.05, 3.63) is 93.2 Å². The van der Waals surface area contributed by atoms with Crippen molar-refractivity contribution in [2.75, 3.05) is 104 Å². The monoisotopic (exact) mass is 889 g/mol. The third-order valence-electron chi connectivity index (χ3n) is 9.22. The van der Waals surface area contributed by atoms with E-state index in [-0.39, 0.29) is 67.0 Å². The molecule has 0 unspecified atom stereocenters. The fourth-order valence-corrected chi connectivity index (χ4v) is 8.18. The molecule has 4 amide bonds. The van der Waals surface area contributed by atoms with Crippen LogP contribution in [-0.2, 0) is 44.2 Å². The van der Waals surface area contributed by atoms with Gasteiger partial charge in [-0.1, -0.05) is 23.5 Å². The first-order valence-electron chi connectivity index (χ1n) is 19.1. The predicted octanol–water partition coefficient (Wildman–Crippen LogP) is 4.83. The van der Waals surface area contributed by atoms with E-state index in [9.17, 15) is 37.1 Å². The number of halogens is 3. The van der Waals surface area contributed by atoms with Crippen molar-refractivity contribution in [3.63, 3.8) is 0 Å². The van der Waals surface area contributed by atoms with Gasteiger partial charge in [-0.3, -0.25) is 19.2 Å². The number of alkyl halides is 3. The highest BCUT2D eigenvalue weighted by atomic mass is 32.2. The molecule has 0 spiro atoms. The molecule has 3 aliphatic rings. The highest BCUT2D eigenvalue weighted by Gasteiger charge is 2.45. The number of carboxylic acid groups (broad SMARTS) is 1. The highest BCUT2D eigenvalue weighted by molar-refractivity contribution is 8.08. The molecule has 0 radical (unpaired) electrons. The number of aliphatic carboxylic acids is 1. The summed E-state index contributed by atoms with van der Waals surface area (Å²) in [6, 6.07) is 15.7. The zero-order valence-corrected chi connectivity index (χ0v) is 34.3. The van der Waals surface area contributed by atoms with E-state index < -0.39 is 41.8 Å². The van der Waals surface area contributed by atoms with Crippen molar-refractivity contribution in [3.8, 4) is 5.75 Å². The molecular formula is C41H42F3N3O12S2. The van der Waals surface area contributed by atoms with Crippen LogP contribution in [-0.4, -0.2) is 143 Å². The lowest BCUT2D eigenvalue weighted by Crippen LogP contribution is -2.40. The van der Waals surface area contributed by atoms with Gasteiger partial charge >= 0.3 is 12.1 Å². The fraction of sp³-hybridized carbons (Fsp3) is 0.390. The third kappa shape index (κ3) is 12.3. The fourth-order valence-electron chi connectivity index (χ4n) is 6.20. The van der Waals surface area contributed by atoms with Gasteiger partial charge in [-0.2, -0.15) is 13.2 Å². The maximum absolute atomic E-state index is 14.7. The Bertz CT molecular complexity index is 1980. The Morgan fingerprint density at radius 2 is 1.08 bits per heavy atom. The maximum Gasteiger partial charge on any atom is 0.418 e. The van der Waals surface area contributed by atoms with Gasteiger partial charge in [0.05, 0.1) is 80.5 Å². The van der Waals surface area contributed by atoms with Gasteiger partial charge in [0.1, 0.15) is 19.0 Å². The molecule has 0 saturated carbocycles. The molecule has 3 aliphatic heterocycles. The number of anilines is 1. The molecule has 0 bridgehead atoms. The van der Waals surface area contributed by atoms with Crippen LogP contribution in [0.15, 0.2) is 86.3 Å². The van der Waals surface area contributed by atoms with Crippen LogP contribution in [0.4, 0.5) is 18.9 Å². The second-order valence-corrected chi connectivity index (χ2v) is 15.5. The Hall–Kier alpha value is -4.96. The van der Waals surface area contributed by atoms with E-state index >= 15 is 0 Å². The highest BCUT2D eigenvalue weighted by Crippen LogP contribution is 2.47. The molecule has 3 aromatic carbocycles. The topological polar surface area (TPSA) is 171 Å². The zero-order chi connectivity index (χ0) is 43.4. The molecule has 326 valence electrons. The number of imide groups is 1. The van der Waals surface area contributed by atoms with Gasteiger partial charge in [-0.05, 0) is 66.7 Å². The van der Waals surface area contributed by atoms with E-state index in [1.54, 1.807) is 58.3 Å². The quantitative estimate of drug-likeness (QED) is 0.128.